The van der Waals surface area contributed by atoms with E-state index in [1.807, 2.05) is 60.7 Å². The van der Waals surface area contributed by atoms with E-state index in [4.69, 9.17) is 13.9 Å². The van der Waals surface area contributed by atoms with E-state index in [1.165, 1.54) is 12.1 Å². The van der Waals surface area contributed by atoms with Gasteiger partial charge < -0.3 is 24.3 Å². The van der Waals surface area contributed by atoms with Crippen molar-refractivity contribution in [3.8, 4) is 34.6 Å². The van der Waals surface area contributed by atoms with E-state index in [0.29, 0.717) is 30.6 Å². The number of pyridine rings is 1. The second-order valence-electron chi connectivity index (χ2n) is 8.11. The molecule has 3 aromatic carbocycles. The van der Waals surface area contributed by atoms with Crippen LogP contribution < -0.4 is 14.8 Å². The van der Waals surface area contributed by atoms with Gasteiger partial charge in [-0.1, -0.05) is 24.3 Å². The molecular weight excluding hydrogens is 470 g/mol. The van der Waals surface area contributed by atoms with Crippen LogP contribution in [0.4, 0.5) is 0 Å². The fourth-order valence-corrected chi connectivity index (χ4v) is 3.64. The number of aromatic carboxylic acids is 1. The topological polar surface area (TPSA) is 107 Å². The molecule has 5 rings (SSSR count). The third-order valence-corrected chi connectivity index (χ3v) is 5.48. The molecule has 2 heterocycles. The number of carboxylic acid groups (broad SMARTS) is 1. The summed E-state index contributed by atoms with van der Waals surface area (Å²) < 4.78 is 17.1. The Labute approximate surface area is 213 Å². The Bertz CT molecular complexity index is 1470. The summed E-state index contributed by atoms with van der Waals surface area (Å²) in [6.45, 7) is 1.16. The van der Waals surface area contributed by atoms with E-state index >= 15 is 0 Å². The average Bonchev–Trinajstić information content (AvgIpc) is 3.46. The number of oxazole rings is 1. The fraction of sp³-hybridized carbons (Fsp3) is 0.0690. The molecular formula is C29H23N3O5. The first-order valence-corrected chi connectivity index (χ1v) is 11.6. The van der Waals surface area contributed by atoms with Crippen molar-refractivity contribution in [3.63, 3.8) is 0 Å². The van der Waals surface area contributed by atoms with Gasteiger partial charge in [0.05, 0.1) is 11.8 Å². The molecule has 0 unspecified atom stereocenters. The maximum absolute atomic E-state index is 11.2. The van der Waals surface area contributed by atoms with E-state index in [-0.39, 0.29) is 5.56 Å². The van der Waals surface area contributed by atoms with Crippen molar-refractivity contribution in [3.05, 3.63) is 120 Å². The largest absolute Gasteiger partial charge is 0.478 e. The molecule has 0 saturated heterocycles. The number of rotatable bonds is 10. The van der Waals surface area contributed by atoms with Crippen molar-refractivity contribution >= 4 is 5.97 Å². The van der Waals surface area contributed by atoms with Gasteiger partial charge in [-0.25, -0.2) is 14.8 Å². The lowest BCUT2D eigenvalue weighted by atomic mass is 10.2. The molecule has 0 aliphatic heterocycles. The second-order valence-corrected chi connectivity index (χ2v) is 8.11. The minimum absolute atomic E-state index is 0.156. The molecule has 0 atom stereocenters. The van der Waals surface area contributed by atoms with E-state index in [0.717, 1.165) is 28.2 Å². The molecule has 0 amide bonds. The lowest BCUT2D eigenvalue weighted by molar-refractivity contribution is 0.0696. The van der Waals surface area contributed by atoms with Gasteiger partial charge in [-0.3, -0.25) is 0 Å². The summed E-state index contributed by atoms with van der Waals surface area (Å²) in [5.74, 6) is 1.86. The van der Waals surface area contributed by atoms with Crippen LogP contribution in [-0.2, 0) is 13.1 Å². The number of hydrogen-bond acceptors (Lipinski definition) is 7. The van der Waals surface area contributed by atoms with Crippen LogP contribution >= 0.6 is 0 Å². The highest BCUT2D eigenvalue weighted by Gasteiger charge is 2.09. The monoisotopic (exact) mass is 493 g/mol. The molecule has 0 aliphatic carbocycles. The van der Waals surface area contributed by atoms with Gasteiger partial charge in [-0.2, -0.15) is 0 Å². The first-order chi connectivity index (χ1) is 18.1. The molecule has 0 saturated carbocycles. The second kappa shape index (κ2) is 11.2. The maximum Gasteiger partial charge on any atom is 0.335 e. The predicted molar refractivity (Wildman–Crippen MR) is 137 cm³/mol. The Morgan fingerprint density at radius 2 is 1.59 bits per heavy atom. The van der Waals surface area contributed by atoms with Gasteiger partial charge >= 0.3 is 5.97 Å². The number of carboxylic acids is 1. The lowest BCUT2D eigenvalue weighted by Crippen LogP contribution is -2.13. The normalized spacial score (nSPS) is 10.7. The molecule has 0 radical (unpaired) electrons. The number of hydrogen-bond donors (Lipinski definition) is 2. The highest BCUT2D eigenvalue weighted by Crippen LogP contribution is 2.26. The van der Waals surface area contributed by atoms with Gasteiger partial charge in [0.15, 0.2) is 0 Å². The molecule has 5 aromatic rings. The number of benzene rings is 3. The summed E-state index contributed by atoms with van der Waals surface area (Å²) in [7, 11) is 0. The van der Waals surface area contributed by atoms with E-state index in [9.17, 15) is 9.90 Å². The SMILES string of the molecule is O=C(O)c1cccc(Oc2ncccc2CNCc2ccc(Oc3ccc(-c4ncco4)cc3)cc2)c1. The third kappa shape index (κ3) is 6.19. The van der Waals surface area contributed by atoms with Crippen LogP contribution in [-0.4, -0.2) is 21.0 Å². The number of nitrogens with zero attached hydrogens (tertiary/aromatic N) is 2. The van der Waals surface area contributed by atoms with Crippen LogP contribution in [0.3, 0.4) is 0 Å². The van der Waals surface area contributed by atoms with Crippen LogP contribution in [0.25, 0.3) is 11.5 Å². The Balaban J connectivity index is 1.15. The highest BCUT2D eigenvalue weighted by atomic mass is 16.5. The Morgan fingerprint density at radius 1 is 0.811 bits per heavy atom. The van der Waals surface area contributed by atoms with Crippen molar-refractivity contribution in [2.75, 3.05) is 0 Å². The molecule has 2 N–H and O–H groups in total. The minimum atomic E-state index is -1.01. The van der Waals surface area contributed by atoms with Crippen LogP contribution in [0.5, 0.6) is 23.1 Å². The zero-order valence-electron chi connectivity index (χ0n) is 19.7. The number of ether oxygens (including phenoxy) is 2. The molecule has 0 fully saturated rings. The average molecular weight is 494 g/mol. The Kier molecular flexibility index (Phi) is 7.19. The number of nitrogens with one attached hydrogen (secondary N) is 1. The molecule has 8 heteroatoms. The first kappa shape index (κ1) is 23.8. The summed E-state index contributed by atoms with van der Waals surface area (Å²) in [6.07, 6.45) is 4.80. The molecule has 0 spiro atoms. The van der Waals surface area contributed by atoms with E-state index < -0.39 is 5.97 Å². The Hall–Kier alpha value is -4.95. The van der Waals surface area contributed by atoms with Crippen molar-refractivity contribution < 1.29 is 23.8 Å². The van der Waals surface area contributed by atoms with Crippen LogP contribution in [0.15, 0.2) is 108 Å². The summed E-state index contributed by atoms with van der Waals surface area (Å²) in [5, 5.41) is 12.6. The quantitative estimate of drug-likeness (QED) is 0.233. The summed E-state index contributed by atoms with van der Waals surface area (Å²) >= 11 is 0. The molecule has 8 nitrogen and oxygen atoms in total. The number of carbonyl (C=O) groups is 1. The van der Waals surface area contributed by atoms with Crippen molar-refractivity contribution in [1.82, 2.24) is 15.3 Å². The van der Waals surface area contributed by atoms with Crippen molar-refractivity contribution in [2.45, 2.75) is 13.1 Å². The molecule has 184 valence electrons. The molecule has 2 aromatic heterocycles. The van der Waals surface area contributed by atoms with Gasteiger partial charge in [0, 0.05) is 30.4 Å². The zero-order valence-corrected chi connectivity index (χ0v) is 19.7. The van der Waals surface area contributed by atoms with Gasteiger partial charge in [0.2, 0.25) is 11.8 Å². The molecule has 0 bridgehead atoms. The summed E-state index contributed by atoms with van der Waals surface area (Å²) in [5.41, 5.74) is 2.99. The zero-order chi connectivity index (χ0) is 25.5. The van der Waals surface area contributed by atoms with Gasteiger partial charge in [0.1, 0.15) is 23.5 Å². The lowest BCUT2D eigenvalue weighted by Gasteiger charge is -2.12. The van der Waals surface area contributed by atoms with Crippen LogP contribution in [0, 0.1) is 0 Å². The van der Waals surface area contributed by atoms with Crippen LogP contribution in [0.2, 0.25) is 0 Å². The highest BCUT2D eigenvalue weighted by molar-refractivity contribution is 5.88. The van der Waals surface area contributed by atoms with Crippen molar-refractivity contribution in [2.24, 2.45) is 0 Å². The maximum atomic E-state index is 11.2. The van der Waals surface area contributed by atoms with Gasteiger partial charge in [-0.05, 0) is 66.2 Å². The van der Waals surface area contributed by atoms with E-state index in [2.05, 4.69) is 15.3 Å². The fourth-order valence-electron chi connectivity index (χ4n) is 3.64. The van der Waals surface area contributed by atoms with Crippen molar-refractivity contribution in [1.29, 1.82) is 0 Å². The summed E-state index contributed by atoms with van der Waals surface area (Å²) in [4.78, 5) is 19.7. The Morgan fingerprint density at radius 3 is 2.32 bits per heavy atom. The molecule has 0 aliphatic rings. The van der Waals surface area contributed by atoms with E-state index in [1.54, 1.807) is 30.8 Å². The smallest absolute Gasteiger partial charge is 0.335 e. The minimum Gasteiger partial charge on any atom is -0.478 e. The number of aromatic nitrogens is 2. The van der Waals surface area contributed by atoms with Crippen LogP contribution in [0.1, 0.15) is 21.5 Å². The first-order valence-electron chi connectivity index (χ1n) is 11.6. The van der Waals surface area contributed by atoms with Gasteiger partial charge in [0.25, 0.3) is 0 Å². The third-order valence-electron chi connectivity index (χ3n) is 5.48. The summed E-state index contributed by atoms with van der Waals surface area (Å²) in [6, 6.07) is 25.5. The van der Waals surface area contributed by atoms with Gasteiger partial charge in [-0.15, -0.1) is 0 Å². The predicted octanol–water partition coefficient (Wildman–Crippen LogP) is 6.31. The molecule has 37 heavy (non-hydrogen) atoms. The standard InChI is InChI=1S/C29H23N3O5/c33-29(34)22-3-1-5-26(17-22)37-28-23(4-2-14-31-28)19-30-18-20-6-10-24(11-7-20)36-25-12-8-21(9-13-25)27-32-15-16-35-27/h1-17,30H,18-19H2,(H,33,34).